The molecule has 0 amide bonds. The maximum absolute atomic E-state index is 9.81. The molecule has 0 fully saturated rings. The predicted molar refractivity (Wildman–Crippen MR) is 49.5 cm³/mol. The summed E-state index contributed by atoms with van der Waals surface area (Å²) < 4.78 is 4.87. The summed E-state index contributed by atoms with van der Waals surface area (Å²) in [6.07, 6.45) is -0.836. The van der Waals surface area contributed by atoms with Crippen LogP contribution in [0.1, 0.15) is 23.4 Å². The second-order valence-corrected chi connectivity index (χ2v) is 2.99. The number of aryl methyl sites for hydroxylation is 1. The van der Waals surface area contributed by atoms with E-state index in [4.69, 9.17) is 4.52 Å². The molecular formula is C10H10N2O2. The van der Waals surface area contributed by atoms with Crippen LogP contribution in [0, 0.1) is 6.92 Å². The largest absolute Gasteiger partial charge is 0.378 e. The molecule has 1 N–H and O–H groups in total. The SMILES string of the molecule is Cc1noc([C@H](O)c2ccccc2)n1. The quantitative estimate of drug-likeness (QED) is 0.778. The summed E-state index contributed by atoms with van der Waals surface area (Å²) in [6, 6.07) is 9.20. The summed E-state index contributed by atoms with van der Waals surface area (Å²) in [5.41, 5.74) is 0.746. The first kappa shape index (κ1) is 8.90. The molecule has 72 valence electrons. The molecule has 2 rings (SSSR count). The lowest BCUT2D eigenvalue weighted by Crippen LogP contribution is -1.99. The average Bonchev–Trinajstić information content (AvgIpc) is 2.65. The Morgan fingerprint density at radius 3 is 2.57 bits per heavy atom. The molecule has 0 saturated heterocycles. The fraction of sp³-hybridized carbons (Fsp3) is 0.200. The van der Waals surface area contributed by atoms with Crippen molar-refractivity contribution in [2.24, 2.45) is 0 Å². The number of nitrogens with zero attached hydrogens (tertiary/aromatic N) is 2. The Kier molecular flexibility index (Phi) is 2.28. The van der Waals surface area contributed by atoms with Gasteiger partial charge in [-0.15, -0.1) is 0 Å². The van der Waals surface area contributed by atoms with Crippen molar-refractivity contribution >= 4 is 0 Å². The number of hydrogen-bond donors (Lipinski definition) is 1. The van der Waals surface area contributed by atoms with Crippen LogP contribution >= 0.6 is 0 Å². The van der Waals surface area contributed by atoms with Crippen LogP contribution in [-0.4, -0.2) is 15.2 Å². The van der Waals surface area contributed by atoms with Gasteiger partial charge in [0.05, 0.1) is 0 Å². The number of aromatic nitrogens is 2. The molecule has 0 radical (unpaired) electrons. The minimum absolute atomic E-state index is 0.230. The Morgan fingerprint density at radius 2 is 2.00 bits per heavy atom. The van der Waals surface area contributed by atoms with E-state index in [1.807, 2.05) is 30.3 Å². The van der Waals surface area contributed by atoms with Crippen molar-refractivity contribution in [1.82, 2.24) is 10.1 Å². The molecule has 0 saturated carbocycles. The molecule has 0 unspecified atom stereocenters. The van der Waals surface area contributed by atoms with Gasteiger partial charge in [0.2, 0.25) is 0 Å². The molecule has 1 heterocycles. The van der Waals surface area contributed by atoms with E-state index in [2.05, 4.69) is 10.1 Å². The highest BCUT2D eigenvalue weighted by Crippen LogP contribution is 2.19. The van der Waals surface area contributed by atoms with Crippen LogP contribution < -0.4 is 0 Å². The second kappa shape index (κ2) is 3.59. The predicted octanol–water partition coefficient (Wildman–Crippen LogP) is 1.46. The molecule has 14 heavy (non-hydrogen) atoms. The van der Waals surface area contributed by atoms with E-state index in [9.17, 15) is 5.11 Å². The minimum Gasteiger partial charge on any atom is -0.378 e. The first-order valence-electron chi connectivity index (χ1n) is 4.30. The Bertz CT molecular complexity index is 411. The van der Waals surface area contributed by atoms with Crippen molar-refractivity contribution in [3.63, 3.8) is 0 Å². The normalized spacial score (nSPS) is 12.7. The monoisotopic (exact) mass is 190 g/mol. The van der Waals surface area contributed by atoms with Crippen molar-refractivity contribution in [1.29, 1.82) is 0 Å². The topological polar surface area (TPSA) is 59.2 Å². The van der Waals surface area contributed by atoms with Crippen LogP contribution in [0.15, 0.2) is 34.9 Å². The molecule has 1 atom stereocenters. The highest BCUT2D eigenvalue weighted by atomic mass is 16.5. The fourth-order valence-electron chi connectivity index (χ4n) is 1.20. The third-order valence-corrected chi connectivity index (χ3v) is 1.89. The number of aliphatic hydroxyl groups is 1. The Morgan fingerprint density at radius 1 is 1.29 bits per heavy atom. The Labute approximate surface area is 81.2 Å². The van der Waals surface area contributed by atoms with Gasteiger partial charge in [0.1, 0.15) is 0 Å². The molecule has 0 bridgehead atoms. The van der Waals surface area contributed by atoms with Crippen molar-refractivity contribution in [2.75, 3.05) is 0 Å². The molecule has 0 spiro atoms. The van der Waals surface area contributed by atoms with Crippen molar-refractivity contribution in [2.45, 2.75) is 13.0 Å². The Balaban J connectivity index is 2.29. The minimum atomic E-state index is -0.836. The number of rotatable bonds is 2. The molecule has 1 aromatic heterocycles. The molecule has 0 aliphatic carbocycles. The number of hydrogen-bond acceptors (Lipinski definition) is 4. The Hall–Kier alpha value is -1.68. The maximum atomic E-state index is 9.81. The molecule has 4 heteroatoms. The van der Waals surface area contributed by atoms with Gasteiger partial charge in [-0.3, -0.25) is 0 Å². The fourth-order valence-corrected chi connectivity index (χ4v) is 1.20. The highest BCUT2D eigenvalue weighted by Gasteiger charge is 2.16. The van der Waals surface area contributed by atoms with Gasteiger partial charge in [-0.1, -0.05) is 35.5 Å². The third kappa shape index (κ3) is 1.65. The molecule has 0 aliphatic rings. The van der Waals surface area contributed by atoms with Crippen molar-refractivity contribution in [3.8, 4) is 0 Å². The number of aliphatic hydroxyl groups excluding tert-OH is 1. The molecule has 4 nitrogen and oxygen atoms in total. The van der Waals surface area contributed by atoms with Gasteiger partial charge in [-0.05, 0) is 12.5 Å². The molecular weight excluding hydrogens is 180 g/mol. The van der Waals surface area contributed by atoms with Gasteiger partial charge in [0.25, 0.3) is 5.89 Å². The van der Waals surface area contributed by atoms with E-state index in [1.165, 1.54) is 0 Å². The van der Waals surface area contributed by atoms with E-state index < -0.39 is 6.10 Å². The second-order valence-electron chi connectivity index (χ2n) is 2.99. The molecule has 1 aromatic carbocycles. The van der Waals surface area contributed by atoms with E-state index in [0.717, 1.165) is 5.56 Å². The smallest absolute Gasteiger partial charge is 0.260 e. The van der Waals surface area contributed by atoms with Crippen molar-refractivity contribution in [3.05, 3.63) is 47.6 Å². The van der Waals surface area contributed by atoms with Crippen LogP contribution in [0.3, 0.4) is 0 Å². The van der Waals surface area contributed by atoms with Gasteiger partial charge >= 0.3 is 0 Å². The summed E-state index contributed by atoms with van der Waals surface area (Å²) in [5.74, 6) is 0.753. The van der Waals surface area contributed by atoms with Gasteiger partial charge in [0, 0.05) is 0 Å². The van der Waals surface area contributed by atoms with Crippen molar-refractivity contribution < 1.29 is 9.63 Å². The van der Waals surface area contributed by atoms with Crippen LogP contribution in [-0.2, 0) is 0 Å². The van der Waals surface area contributed by atoms with Gasteiger partial charge < -0.3 is 9.63 Å². The first-order valence-corrected chi connectivity index (χ1v) is 4.30. The molecule has 2 aromatic rings. The standard InChI is InChI=1S/C10H10N2O2/c1-7-11-10(14-12-7)9(13)8-5-3-2-4-6-8/h2-6,9,13H,1H3/t9-/m1/s1. The summed E-state index contributed by atoms with van der Waals surface area (Å²) >= 11 is 0. The lowest BCUT2D eigenvalue weighted by molar-refractivity contribution is 0.170. The van der Waals surface area contributed by atoms with E-state index >= 15 is 0 Å². The zero-order valence-corrected chi connectivity index (χ0v) is 7.71. The van der Waals surface area contributed by atoms with Gasteiger partial charge in [-0.25, -0.2) is 0 Å². The summed E-state index contributed by atoms with van der Waals surface area (Å²) in [6.45, 7) is 1.71. The van der Waals surface area contributed by atoms with Gasteiger partial charge in [0.15, 0.2) is 11.9 Å². The van der Waals surface area contributed by atoms with Crippen LogP contribution in [0.4, 0.5) is 0 Å². The highest BCUT2D eigenvalue weighted by molar-refractivity contribution is 5.21. The van der Waals surface area contributed by atoms with Crippen LogP contribution in [0.5, 0.6) is 0 Å². The maximum Gasteiger partial charge on any atom is 0.260 e. The van der Waals surface area contributed by atoms with Gasteiger partial charge in [-0.2, -0.15) is 4.98 Å². The summed E-state index contributed by atoms with van der Waals surface area (Å²) in [4.78, 5) is 3.96. The zero-order chi connectivity index (χ0) is 9.97. The summed E-state index contributed by atoms with van der Waals surface area (Å²) in [5, 5.41) is 13.4. The van der Waals surface area contributed by atoms with Crippen LogP contribution in [0.2, 0.25) is 0 Å². The van der Waals surface area contributed by atoms with E-state index in [-0.39, 0.29) is 5.89 Å². The lowest BCUT2D eigenvalue weighted by atomic mass is 10.1. The number of benzene rings is 1. The van der Waals surface area contributed by atoms with Crippen LogP contribution in [0.25, 0.3) is 0 Å². The average molecular weight is 190 g/mol. The zero-order valence-electron chi connectivity index (χ0n) is 7.71. The van der Waals surface area contributed by atoms with E-state index in [1.54, 1.807) is 6.92 Å². The van der Waals surface area contributed by atoms with E-state index in [0.29, 0.717) is 5.82 Å². The lowest BCUT2D eigenvalue weighted by Gasteiger charge is -2.04. The first-order chi connectivity index (χ1) is 6.77. The third-order valence-electron chi connectivity index (χ3n) is 1.89. The molecule has 0 aliphatic heterocycles. The summed E-state index contributed by atoms with van der Waals surface area (Å²) in [7, 11) is 0.